The maximum absolute atomic E-state index is 11.4. The predicted molar refractivity (Wildman–Crippen MR) is 83.8 cm³/mol. The van der Waals surface area contributed by atoms with E-state index in [1.807, 2.05) is 20.8 Å². The third-order valence-electron chi connectivity index (χ3n) is 2.63. The number of hydrogen-bond donors (Lipinski definition) is 2. The van der Waals surface area contributed by atoms with Gasteiger partial charge in [0.05, 0.1) is 16.6 Å². The largest absolute Gasteiger partial charge is 0.480 e. The van der Waals surface area contributed by atoms with Gasteiger partial charge in [0.25, 0.3) is 5.69 Å². The van der Waals surface area contributed by atoms with Gasteiger partial charge in [0.1, 0.15) is 10.9 Å². The molecule has 0 radical (unpaired) electrons. The second kappa shape index (κ2) is 7.57. The number of carboxylic acids is 1. The molecule has 0 unspecified atom stereocenters. The number of aliphatic carboxylic acids is 1. The topological polar surface area (TPSA) is 102 Å². The van der Waals surface area contributed by atoms with Crippen LogP contribution in [-0.2, 0) is 9.53 Å². The van der Waals surface area contributed by atoms with E-state index in [9.17, 15) is 20.0 Å². The van der Waals surface area contributed by atoms with Gasteiger partial charge in [0.2, 0.25) is 0 Å². The van der Waals surface area contributed by atoms with E-state index in [0.717, 1.165) is 11.9 Å². The Hall–Kier alpha value is -1.64. The van der Waals surface area contributed by atoms with Gasteiger partial charge in [0, 0.05) is 6.07 Å². The Labute approximate surface area is 133 Å². The monoisotopic (exact) mass is 328 g/mol. The molecule has 0 amide bonds. The van der Waals surface area contributed by atoms with Gasteiger partial charge in [-0.15, -0.1) is 0 Å². The second-order valence-corrected chi connectivity index (χ2v) is 6.58. The van der Waals surface area contributed by atoms with E-state index >= 15 is 0 Å². The Morgan fingerprint density at radius 2 is 2.00 bits per heavy atom. The van der Waals surface area contributed by atoms with E-state index in [0.29, 0.717) is 4.90 Å². The minimum atomic E-state index is -1.08. The van der Waals surface area contributed by atoms with Crippen molar-refractivity contribution in [1.29, 1.82) is 0 Å². The van der Waals surface area contributed by atoms with Crippen LogP contribution in [-0.4, -0.2) is 33.7 Å². The van der Waals surface area contributed by atoms with Crippen molar-refractivity contribution < 1.29 is 19.6 Å². The summed E-state index contributed by atoms with van der Waals surface area (Å²) in [5, 5.41) is 20.3. The zero-order valence-electron chi connectivity index (χ0n) is 12.9. The van der Waals surface area contributed by atoms with E-state index in [-0.39, 0.29) is 5.69 Å². The molecule has 2 N–H and O–H groups in total. The number of para-hydroxylation sites is 1. The molecule has 1 aromatic carbocycles. The fourth-order valence-corrected chi connectivity index (χ4v) is 2.73. The van der Waals surface area contributed by atoms with Crippen LogP contribution in [0.5, 0.6) is 0 Å². The first-order valence-electron chi connectivity index (χ1n) is 6.68. The highest BCUT2D eigenvalue weighted by atomic mass is 32.2. The zero-order valence-corrected chi connectivity index (χ0v) is 13.7. The van der Waals surface area contributed by atoms with Crippen molar-refractivity contribution in [2.75, 3.05) is 0 Å². The summed E-state index contributed by atoms with van der Waals surface area (Å²) in [5.41, 5.74) is -0.563. The Morgan fingerprint density at radius 1 is 1.41 bits per heavy atom. The summed E-state index contributed by atoms with van der Waals surface area (Å²) in [4.78, 5) is 22.2. The van der Waals surface area contributed by atoms with Gasteiger partial charge in [-0.3, -0.25) is 14.9 Å². The molecule has 0 saturated carbocycles. The molecule has 0 fully saturated rings. The number of rotatable bonds is 7. The third kappa shape index (κ3) is 5.63. The molecule has 0 aliphatic carbocycles. The van der Waals surface area contributed by atoms with Crippen molar-refractivity contribution >= 4 is 23.6 Å². The maximum atomic E-state index is 11.4. The molecular weight excluding hydrogens is 308 g/mol. The molecule has 0 bridgehead atoms. The summed E-state index contributed by atoms with van der Waals surface area (Å²) in [5.74, 6) is -1.08. The Balaban J connectivity index is 2.82. The smallest absolute Gasteiger partial charge is 0.324 e. The number of nitrogens with one attached hydrogen (secondary N) is 1. The molecule has 0 saturated heterocycles. The van der Waals surface area contributed by atoms with Crippen molar-refractivity contribution in [2.24, 2.45) is 0 Å². The van der Waals surface area contributed by atoms with Gasteiger partial charge in [0.15, 0.2) is 0 Å². The SMILES string of the molecule is C[C@@H](OC(C)(C)C)[C@@H](NSc1ccccc1[N+](=O)[O-])C(=O)O. The van der Waals surface area contributed by atoms with Crippen LogP contribution in [0.15, 0.2) is 29.2 Å². The van der Waals surface area contributed by atoms with Gasteiger partial charge >= 0.3 is 5.97 Å². The normalized spacial score (nSPS) is 14.4. The highest BCUT2D eigenvalue weighted by Gasteiger charge is 2.29. The fourth-order valence-electron chi connectivity index (χ4n) is 1.79. The lowest BCUT2D eigenvalue weighted by molar-refractivity contribution is -0.387. The van der Waals surface area contributed by atoms with E-state index in [2.05, 4.69) is 4.72 Å². The van der Waals surface area contributed by atoms with Gasteiger partial charge in [-0.2, -0.15) is 0 Å². The number of nitro benzene ring substituents is 1. The molecule has 1 rings (SSSR count). The van der Waals surface area contributed by atoms with Crippen molar-refractivity contribution in [1.82, 2.24) is 4.72 Å². The van der Waals surface area contributed by atoms with Crippen molar-refractivity contribution in [2.45, 2.75) is 50.3 Å². The molecule has 2 atom stereocenters. The average Bonchev–Trinajstić information content (AvgIpc) is 2.36. The molecule has 7 nitrogen and oxygen atoms in total. The molecule has 0 aliphatic rings. The molecule has 0 aromatic heterocycles. The molecule has 8 heteroatoms. The summed E-state index contributed by atoms with van der Waals surface area (Å²) < 4.78 is 8.38. The van der Waals surface area contributed by atoms with Crippen LogP contribution in [0.25, 0.3) is 0 Å². The molecule has 0 heterocycles. The van der Waals surface area contributed by atoms with Crippen LogP contribution in [0, 0.1) is 10.1 Å². The second-order valence-electron chi connectivity index (χ2n) is 5.70. The molecule has 22 heavy (non-hydrogen) atoms. The van der Waals surface area contributed by atoms with Crippen molar-refractivity contribution in [3.05, 3.63) is 34.4 Å². The number of carbonyl (C=O) groups is 1. The van der Waals surface area contributed by atoms with Crippen LogP contribution < -0.4 is 4.72 Å². The summed E-state index contributed by atoms with van der Waals surface area (Å²) in [6.07, 6.45) is -0.604. The van der Waals surface area contributed by atoms with E-state index in [4.69, 9.17) is 4.74 Å². The number of nitro groups is 1. The molecular formula is C14H20N2O5S. The number of hydrogen-bond acceptors (Lipinski definition) is 6. The Kier molecular flexibility index (Phi) is 6.34. The lowest BCUT2D eigenvalue weighted by Crippen LogP contribution is -2.45. The molecule has 0 spiro atoms. The van der Waals surface area contributed by atoms with Gasteiger partial charge in [-0.25, -0.2) is 4.72 Å². The van der Waals surface area contributed by atoms with Crippen LogP contribution in [0.2, 0.25) is 0 Å². The summed E-state index contributed by atoms with van der Waals surface area (Å²) in [7, 11) is 0. The minimum Gasteiger partial charge on any atom is -0.480 e. The molecule has 0 aliphatic heterocycles. The van der Waals surface area contributed by atoms with Crippen LogP contribution >= 0.6 is 11.9 Å². The predicted octanol–water partition coefficient (Wildman–Crippen LogP) is 2.85. The highest BCUT2D eigenvalue weighted by molar-refractivity contribution is 7.97. The summed E-state index contributed by atoms with van der Waals surface area (Å²) in [6.45, 7) is 7.14. The third-order valence-corrected chi connectivity index (χ3v) is 3.57. The number of benzene rings is 1. The zero-order chi connectivity index (χ0) is 16.9. The van der Waals surface area contributed by atoms with Gasteiger partial charge < -0.3 is 9.84 Å². The molecule has 1 aromatic rings. The van der Waals surface area contributed by atoms with E-state index in [1.54, 1.807) is 25.1 Å². The van der Waals surface area contributed by atoms with Crippen LogP contribution in [0.1, 0.15) is 27.7 Å². The summed E-state index contributed by atoms with van der Waals surface area (Å²) >= 11 is 0.914. The van der Waals surface area contributed by atoms with Crippen LogP contribution in [0.3, 0.4) is 0 Å². The lowest BCUT2D eigenvalue weighted by atomic mass is 10.1. The first-order chi connectivity index (χ1) is 10.1. The maximum Gasteiger partial charge on any atom is 0.324 e. The fraction of sp³-hybridized carbons (Fsp3) is 0.500. The standard InChI is InChI=1S/C14H20N2O5S/c1-9(21-14(2,3)4)12(13(17)18)15-22-11-8-6-5-7-10(11)16(19)20/h5-9,12,15H,1-4H3,(H,17,18)/t9-,12-/m1/s1. The first-order valence-corrected chi connectivity index (χ1v) is 7.50. The average molecular weight is 328 g/mol. The Bertz CT molecular complexity index is 544. The number of nitrogens with zero attached hydrogens (tertiary/aromatic N) is 1. The van der Waals surface area contributed by atoms with Gasteiger partial charge in [-0.1, -0.05) is 12.1 Å². The quantitative estimate of drug-likeness (QED) is 0.451. The van der Waals surface area contributed by atoms with Crippen molar-refractivity contribution in [3.63, 3.8) is 0 Å². The van der Waals surface area contributed by atoms with E-state index in [1.165, 1.54) is 6.07 Å². The number of ether oxygens (including phenoxy) is 1. The van der Waals surface area contributed by atoms with Crippen LogP contribution in [0.4, 0.5) is 5.69 Å². The lowest BCUT2D eigenvalue weighted by Gasteiger charge is -2.29. The highest BCUT2D eigenvalue weighted by Crippen LogP contribution is 2.27. The first kappa shape index (κ1) is 18.4. The van der Waals surface area contributed by atoms with Gasteiger partial charge in [-0.05, 0) is 45.7 Å². The molecule has 122 valence electrons. The summed E-state index contributed by atoms with van der Waals surface area (Å²) in [6, 6.07) is 5.15. The number of carboxylic acid groups (broad SMARTS) is 1. The van der Waals surface area contributed by atoms with Crippen molar-refractivity contribution in [3.8, 4) is 0 Å². The minimum absolute atomic E-state index is 0.0754. The van der Waals surface area contributed by atoms with E-state index < -0.39 is 28.6 Å². The Morgan fingerprint density at radius 3 is 2.50 bits per heavy atom.